The van der Waals surface area contributed by atoms with Crippen molar-refractivity contribution >= 4 is 5.97 Å². The molecule has 0 saturated carbocycles. The van der Waals surface area contributed by atoms with Gasteiger partial charge in [-0.15, -0.1) is 0 Å². The summed E-state index contributed by atoms with van der Waals surface area (Å²) < 4.78 is 4.54. The van der Waals surface area contributed by atoms with Crippen LogP contribution in [-0.2, 0) is 9.53 Å². The molecule has 2 atom stereocenters. The quantitative estimate of drug-likeness (QED) is 0.624. The summed E-state index contributed by atoms with van der Waals surface area (Å²) in [5.74, 6) is -0.323. The van der Waals surface area contributed by atoms with Crippen LogP contribution in [0.2, 0.25) is 0 Å². The molecule has 0 bridgehead atoms. The molecule has 0 aromatic rings. The summed E-state index contributed by atoms with van der Waals surface area (Å²) >= 11 is 0. The predicted octanol–water partition coefficient (Wildman–Crippen LogP) is 0.297. The smallest absolute Gasteiger partial charge is 0.322 e. The fourth-order valence-corrected chi connectivity index (χ4v) is 0.824. The molecule has 78 valence electrons. The predicted molar refractivity (Wildman–Crippen MR) is 50.4 cm³/mol. The summed E-state index contributed by atoms with van der Waals surface area (Å²) in [5.41, 5.74) is -0.845. The fourth-order valence-electron chi connectivity index (χ4n) is 0.824. The van der Waals surface area contributed by atoms with Gasteiger partial charge in [0.15, 0.2) is 0 Å². The van der Waals surface area contributed by atoms with E-state index >= 15 is 0 Å². The van der Waals surface area contributed by atoms with E-state index < -0.39 is 11.6 Å². The van der Waals surface area contributed by atoms with Crippen molar-refractivity contribution in [2.45, 2.75) is 45.4 Å². The van der Waals surface area contributed by atoms with Gasteiger partial charge in [-0.05, 0) is 27.7 Å². The number of hydrogen-bond donors (Lipinski definition) is 2. The first kappa shape index (κ1) is 12.4. The van der Waals surface area contributed by atoms with Crippen molar-refractivity contribution in [1.29, 1.82) is 0 Å². The van der Waals surface area contributed by atoms with Crippen LogP contribution in [0.25, 0.3) is 0 Å². The summed E-state index contributed by atoms with van der Waals surface area (Å²) in [6, 6.07) is -0.562. The van der Waals surface area contributed by atoms with Gasteiger partial charge < -0.3 is 9.84 Å². The lowest BCUT2D eigenvalue weighted by Crippen LogP contribution is -2.50. The van der Waals surface area contributed by atoms with E-state index in [0.29, 0.717) is 0 Å². The molecule has 0 aromatic carbocycles. The summed E-state index contributed by atoms with van der Waals surface area (Å²) in [5, 5.41) is 12.5. The summed E-state index contributed by atoms with van der Waals surface area (Å²) in [4.78, 5) is 11.0. The number of aliphatic hydroxyl groups is 1. The highest BCUT2D eigenvalue weighted by Gasteiger charge is 2.25. The summed E-state index contributed by atoms with van der Waals surface area (Å²) in [6.07, 6.45) is 0. The Kier molecular flexibility index (Phi) is 4.36. The van der Waals surface area contributed by atoms with Crippen LogP contribution in [0, 0.1) is 0 Å². The molecule has 0 heterocycles. The molecule has 4 heteroatoms. The van der Waals surface area contributed by atoms with Gasteiger partial charge >= 0.3 is 5.97 Å². The van der Waals surface area contributed by atoms with Crippen LogP contribution in [0.3, 0.4) is 0 Å². The number of carbonyl (C=O) groups is 1. The Morgan fingerprint density at radius 2 is 1.92 bits per heavy atom. The number of rotatable bonds is 4. The summed E-state index contributed by atoms with van der Waals surface area (Å²) in [7, 11) is 1.34. The van der Waals surface area contributed by atoms with Crippen molar-refractivity contribution < 1.29 is 14.6 Å². The molecular weight excluding hydrogens is 170 g/mol. The zero-order valence-corrected chi connectivity index (χ0v) is 8.92. The SMILES string of the molecule is COC(=O)[C@H](C)NC(C)C(C)(C)O. The monoisotopic (exact) mass is 189 g/mol. The van der Waals surface area contributed by atoms with Crippen molar-refractivity contribution in [2.75, 3.05) is 7.11 Å². The third-order valence-electron chi connectivity index (χ3n) is 2.11. The van der Waals surface area contributed by atoms with Gasteiger partial charge in [0.1, 0.15) is 6.04 Å². The van der Waals surface area contributed by atoms with Crippen LogP contribution in [0.15, 0.2) is 0 Å². The van der Waals surface area contributed by atoms with Crippen LogP contribution >= 0.6 is 0 Å². The molecule has 0 spiro atoms. The van der Waals surface area contributed by atoms with Crippen LogP contribution in [0.4, 0.5) is 0 Å². The maximum Gasteiger partial charge on any atom is 0.322 e. The Balaban J connectivity index is 4.06. The molecular formula is C9H19NO3. The molecule has 13 heavy (non-hydrogen) atoms. The van der Waals surface area contributed by atoms with Gasteiger partial charge in [0.2, 0.25) is 0 Å². The van der Waals surface area contributed by atoms with Crippen LogP contribution in [0.1, 0.15) is 27.7 Å². The minimum absolute atomic E-state index is 0.165. The van der Waals surface area contributed by atoms with Crippen LogP contribution < -0.4 is 5.32 Å². The number of nitrogens with one attached hydrogen (secondary N) is 1. The van der Waals surface area contributed by atoms with E-state index in [0.717, 1.165) is 0 Å². The second-order valence-corrected chi connectivity index (χ2v) is 3.79. The Morgan fingerprint density at radius 3 is 2.23 bits per heavy atom. The molecule has 0 fully saturated rings. The third-order valence-corrected chi connectivity index (χ3v) is 2.11. The van der Waals surface area contributed by atoms with E-state index in [4.69, 9.17) is 0 Å². The van der Waals surface area contributed by atoms with Gasteiger partial charge in [-0.2, -0.15) is 0 Å². The standard InChI is InChI=1S/C9H19NO3/c1-6(8(11)13-5)10-7(2)9(3,4)12/h6-7,10,12H,1-5H3/t6-,7?/m0/s1. The second kappa shape index (κ2) is 4.58. The highest BCUT2D eigenvalue weighted by Crippen LogP contribution is 2.08. The van der Waals surface area contributed by atoms with Crippen molar-refractivity contribution in [1.82, 2.24) is 5.32 Å². The summed E-state index contributed by atoms with van der Waals surface area (Å²) in [6.45, 7) is 6.90. The largest absolute Gasteiger partial charge is 0.468 e. The average Bonchev–Trinajstić information content (AvgIpc) is 2.01. The molecule has 1 unspecified atom stereocenters. The van der Waals surface area contributed by atoms with Gasteiger partial charge in [0.05, 0.1) is 12.7 Å². The van der Waals surface area contributed by atoms with Gasteiger partial charge in [0, 0.05) is 6.04 Å². The van der Waals surface area contributed by atoms with E-state index in [9.17, 15) is 9.90 Å². The number of carbonyl (C=O) groups excluding carboxylic acids is 1. The van der Waals surface area contributed by atoms with E-state index in [1.807, 2.05) is 6.92 Å². The van der Waals surface area contributed by atoms with Crippen molar-refractivity contribution in [3.8, 4) is 0 Å². The molecule has 0 aliphatic rings. The molecule has 0 saturated heterocycles. The second-order valence-electron chi connectivity index (χ2n) is 3.79. The van der Waals surface area contributed by atoms with Crippen LogP contribution in [-0.4, -0.2) is 35.9 Å². The van der Waals surface area contributed by atoms with E-state index in [2.05, 4.69) is 10.1 Å². The molecule has 0 aliphatic carbocycles. The van der Waals surface area contributed by atoms with Crippen molar-refractivity contribution in [3.05, 3.63) is 0 Å². The zero-order chi connectivity index (χ0) is 10.6. The lowest BCUT2D eigenvalue weighted by molar-refractivity contribution is -0.143. The number of ether oxygens (including phenoxy) is 1. The van der Waals surface area contributed by atoms with Gasteiger partial charge in [-0.25, -0.2) is 0 Å². The molecule has 0 aliphatic heterocycles. The van der Waals surface area contributed by atoms with Gasteiger partial charge in [-0.1, -0.05) is 0 Å². The number of hydrogen-bond acceptors (Lipinski definition) is 4. The minimum atomic E-state index is -0.845. The zero-order valence-electron chi connectivity index (χ0n) is 8.92. The average molecular weight is 189 g/mol. The maximum absolute atomic E-state index is 11.0. The van der Waals surface area contributed by atoms with Crippen molar-refractivity contribution in [3.63, 3.8) is 0 Å². The Labute approximate surface area is 79.3 Å². The molecule has 4 nitrogen and oxygen atoms in total. The molecule has 0 aromatic heterocycles. The molecule has 0 amide bonds. The number of methoxy groups -OCH3 is 1. The number of esters is 1. The lowest BCUT2D eigenvalue weighted by Gasteiger charge is -2.28. The van der Waals surface area contributed by atoms with Gasteiger partial charge in [0.25, 0.3) is 0 Å². The first-order valence-corrected chi connectivity index (χ1v) is 4.35. The lowest BCUT2D eigenvalue weighted by atomic mass is 10.0. The van der Waals surface area contributed by atoms with E-state index in [-0.39, 0.29) is 12.0 Å². The Morgan fingerprint density at radius 1 is 1.46 bits per heavy atom. The molecule has 0 radical (unpaired) electrons. The third kappa shape index (κ3) is 4.24. The van der Waals surface area contributed by atoms with Crippen LogP contribution in [0.5, 0.6) is 0 Å². The highest BCUT2D eigenvalue weighted by molar-refractivity contribution is 5.75. The Hall–Kier alpha value is -0.610. The maximum atomic E-state index is 11.0. The van der Waals surface area contributed by atoms with Gasteiger partial charge in [-0.3, -0.25) is 10.1 Å². The normalized spacial score (nSPS) is 16.5. The molecule has 0 rings (SSSR count). The first-order chi connectivity index (χ1) is 5.79. The topological polar surface area (TPSA) is 58.6 Å². The van der Waals surface area contributed by atoms with E-state index in [1.165, 1.54) is 7.11 Å². The minimum Gasteiger partial charge on any atom is -0.468 e. The molecule has 2 N–H and O–H groups in total. The van der Waals surface area contributed by atoms with E-state index in [1.54, 1.807) is 20.8 Å². The first-order valence-electron chi connectivity index (χ1n) is 4.35. The Bertz CT molecular complexity index is 174. The fraction of sp³-hybridized carbons (Fsp3) is 0.889. The van der Waals surface area contributed by atoms with Crippen molar-refractivity contribution in [2.24, 2.45) is 0 Å². The highest BCUT2D eigenvalue weighted by atomic mass is 16.5.